The van der Waals surface area contributed by atoms with Crippen LogP contribution in [0.15, 0.2) is 22.7 Å². The molecule has 1 aromatic heterocycles. The molecule has 0 amide bonds. The lowest BCUT2D eigenvalue weighted by atomic mass is 10.1. The molecule has 0 aliphatic heterocycles. The number of hydrogen-bond acceptors (Lipinski definition) is 3. The van der Waals surface area contributed by atoms with Crippen molar-refractivity contribution in [2.75, 3.05) is 0 Å². The van der Waals surface area contributed by atoms with Crippen molar-refractivity contribution in [2.45, 2.75) is 6.92 Å². The predicted molar refractivity (Wildman–Crippen MR) is 48.3 cm³/mol. The summed E-state index contributed by atoms with van der Waals surface area (Å²) in [6.07, 6.45) is 0. The van der Waals surface area contributed by atoms with Crippen LogP contribution < -0.4 is 0 Å². The summed E-state index contributed by atoms with van der Waals surface area (Å²) in [6.45, 7) is 1.50. The Bertz CT molecular complexity index is 488. The van der Waals surface area contributed by atoms with Gasteiger partial charge in [-0.1, -0.05) is 5.16 Å². The molecule has 0 atom stereocenters. The number of rotatable bonds is 1. The average Bonchev–Trinajstić information content (AvgIpc) is 2.46. The fourth-order valence-corrected chi connectivity index (χ4v) is 1.25. The zero-order valence-corrected chi connectivity index (χ0v) is 7.79. The molecular formula is C10H7F2NO2. The lowest BCUT2D eigenvalue weighted by Crippen LogP contribution is -1.84. The van der Waals surface area contributed by atoms with Gasteiger partial charge in [-0.3, -0.25) is 0 Å². The maximum absolute atomic E-state index is 12.9. The molecule has 0 radical (unpaired) electrons. The molecule has 3 nitrogen and oxygen atoms in total. The van der Waals surface area contributed by atoms with Gasteiger partial charge in [-0.2, -0.15) is 0 Å². The Kier molecular flexibility index (Phi) is 2.15. The first-order valence-electron chi connectivity index (χ1n) is 4.19. The molecule has 2 rings (SSSR count). The maximum atomic E-state index is 12.9. The maximum Gasteiger partial charge on any atom is 0.186 e. The van der Waals surface area contributed by atoms with E-state index in [1.165, 1.54) is 6.92 Å². The number of aromatic hydroxyl groups is 1. The van der Waals surface area contributed by atoms with E-state index >= 15 is 0 Å². The molecule has 0 aliphatic rings. The van der Waals surface area contributed by atoms with Crippen LogP contribution in [0, 0.1) is 18.6 Å². The number of aryl methyl sites for hydroxylation is 1. The molecule has 1 heterocycles. The summed E-state index contributed by atoms with van der Waals surface area (Å²) in [5.74, 6) is -1.47. The highest BCUT2D eigenvalue weighted by atomic mass is 19.1. The summed E-state index contributed by atoms with van der Waals surface area (Å²) in [7, 11) is 0. The third kappa shape index (κ3) is 1.68. The molecule has 15 heavy (non-hydrogen) atoms. The van der Waals surface area contributed by atoms with Gasteiger partial charge in [0.25, 0.3) is 0 Å². The van der Waals surface area contributed by atoms with Crippen molar-refractivity contribution >= 4 is 0 Å². The van der Waals surface area contributed by atoms with E-state index in [9.17, 15) is 13.9 Å². The minimum atomic E-state index is -0.731. The van der Waals surface area contributed by atoms with Crippen molar-refractivity contribution < 1.29 is 18.4 Å². The van der Waals surface area contributed by atoms with E-state index in [1.54, 1.807) is 0 Å². The van der Waals surface area contributed by atoms with Gasteiger partial charge in [0, 0.05) is 18.6 Å². The third-order valence-corrected chi connectivity index (χ3v) is 1.97. The van der Waals surface area contributed by atoms with Crippen LogP contribution in [0.5, 0.6) is 5.75 Å². The van der Waals surface area contributed by atoms with Gasteiger partial charge in [-0.15, -0.1) is 0 Å². The molecule has 0 aliphatic carbocycles. The fourth-order valence-electron chi connectivity index (χ4n) is 1.25. The number of benzene rings is 1. The van der Waals surface area contributed by atoms with Crippen molar-refractivity contribution in [1.82, 2.24) is 5.16 Å². The van der Waals surface area contributed by atoms with Crippen LogP contribution in [0.4, 0.5) is 8.78 Å². The minimum absolute atomic E-state index is 0.0332. The van der Waals surface area contributed by atoms with E-state index in [0.29, 0.717) is 0 Å². The van der Waals surface area contributed by atoms with Crippen LogP contribution in [-0.2, 0) is 0 Å². The minimum Gasteiger partial charge on any atom is -0.503 e. The first-order chi connectivity index (χ1) is 7.08. The lowest BCUT2D eigenvalue weighted by molar-refractivity contribution is 0.384. The summed E-state index contributed by atoms with van der Waals surface area (Å²) in [5, 5.41) is 13.0. The fraction of sp³-hybridized carbons (Fsp3) is 0.100. The van der Waals surface area contributed by atoms with Crippen molar-refractivity contribution in [3.63, 3.8) is 0 Å². The van der Waals surface area contributed by atoms with Gasteiger partial charge in [0.05, 0.1) is 0 Å². The van der Waals surface area contributed by atoms with Crippen molar-refractivity contribution in [3.05, 3.63) is 35.6 Å². The molecule has 0 unspecified atom stereocenters. The van der Waals surface area contributed by atoms with Gasteiger partial charge in [-0.05, 0) is 12.1 Å². The molecule has 0 spiro atoms. The highest BCUT2D eigenvalue weighted by Gasteiger charge is 2.14. The smallest absolute Gasteiger partial charge is 0.186 e. The SMILES string of the molecule is Cc1onc(-c2cc(F)cc(F)c2)c1O. The van der Waals surface area contributed by atoms with Gasteiger partial charge >= 0.3 is 0 Å². The number of halogens is 2. The van der Waals surface area contributed by atoms with Gasteiger partial charge in [0.2, 0.25) is 0 Å². The van der Waals surface area contributed by atoms with Crippen LogP contribution >= 0.6 is 0 Å². The van der Waals surface area contributed by atoms with Gasteiger partial charge < -0.3 is 9.63 Å². The summed E-state index contributed by atoms with van der Waals surface area (Å²) in [5.41, 5.74) is 0.174. The topological polar surface area (TPSA) is 46.3 Å². The zero-order chi connectivity index (χ0) is 11.0. The second-order valence-corrected chi connectivity index (χ2v) is 3.09. The average molecular weight is 211 g/mol. The van der Waals surface area contributed by atoms with Crippen molar-refractivity contribution in [2.24, 2.45) is 0 Å². The van der Waals surface area contributed by atoms with E-state index in [0.717, 1.165) is 18.2 Å². The molecule has 0 fully saturated rings. The standard InChI is InChI=1S/C10H7F2NO2/c1-5-10(14)9(13-15-5)6-2-7(11)4-8(12)3-6/h2-4,14H,1H3. The molecule has 0 saturated carbocycles. The molecule has 1 aromatic carbocycles. The van der Waals surface area contributed by atoms with E-state index in [-0.39, 0.29) is 22.8 Å². The third-order valence-electron chi connectivity index (χ3n) is 1.97. The second kappa shape index (κ2) is 3.34. The van der Waals surface area contributed by atoms with E-state index in [1.807, 2.05) is 0 Å². The first kappa shape index (κ1) is 9.64. The highest BCUT2D eigenvalue weighted by Crippen LogP contribution is 2.31. The first-order valence-corrected chi connectivity index (χ1v) is 4.19. The lowest BCUT2D eigenvalue weighted by Gasteiger charge is -1.97. The Morgan fingerprint density at radius 3 is 2.27 bits per heavy atom. The Morgan fingerprint density at radius 1 is 1.20 bits per heavy atom. The molecule has 1 N–H and O–H groups in total. The van der Waals surface area contributed by atoms with Gasteiger partial charge in [0.1, 0.15) is 11.6 Å². The molecular weight excluding hydrogens is 204 g/mol. The van der Waals surface area contributed by atoms with E-state index in [2.05, 4.69) is 9.68 Å². The number of nitrogens with zero attached hydrogens (tertiary/aromatic N) is 1. The van der Waals surface area contributed by atoms with Crippen LogP contribution in [0.25, 0.3) is 11.3 Å². The summed E-state index contributed by atoms with van der Waals surface area (Å²) >= 11 is 0. The Labute approximate surface area is 83.9 Å². The molecule has 5 heteroatoms. The Balaban J connectivity index is 2.58. The molecule has 0 saturated heterocycles. The predicted octanol–water partition coefficient (Wildman–Crippen LogP) is 2.63. The van der Waals surface area contributed by atoms with E-state index in [4.69, 9.17) is 0 Å². The summed E-state index contributed by atoms with van der Waals surface area (Å²) in [6, 6.07) is 2.88. The van der Waals surface area contributed by atoms with Crippen LogP contribution in [0.2, 0.25) is 0 Å². The Hall–Kier alpha value is -1.91. The number of hydrogen-bond donors (Lipinski definition) is 1. The highest BCUT2D eigenvalue weighted by molar-refractivity contribution is 5.66. The molecule has 0 bridgehead atoms. The van der Waals surface area contributed by atoms with Crippen LogP contribution in [0.1, 0.15) is 5.76 Å². The van der Waals surface area contributed by atoms with Gasteiger partial charge in [0.15, 0.2) is 17.2 Å². The Morgan fingerprint density at radius 2 is 1.80 bits per heavy atom. The normalized spacial score (nSPS) is 10.6. The molecule has 78 valence electrons. The summed E-state index contributed by atoms with van der Waals surface area (Å²) < 4.78 is 30.4. The van der Waals surface area contributed by atoms with Crippen LogP contribution in [-0.4, -0.2) is 10.3 Å². The largest absolute Gasteiger partial charge is 0.503 e. The van der Waals surface area contributed by atoms with Crippen LogP contribution in [0.3, 0.4) is 0 Å². The zero-order valence-electron chi connectivity index (χ0n) is 7.79. The van der Waals surface area contributed by atoms with E-state index < -0.39 is 11.6 Å². The quantitative estimate of drug-likeness (QED) is 0.788. The molecule has 2 aromatic rings. The summed E-state index contributed by atoms with van der Waals surface area (Å²) in [4.78, 5) is 0. The van der Waals surface area contributed by atoms with Gasteiger partial charge in [-0.25, -0.2) is 8.78 Å². The monoisotopic (exact) mass is 211 g/mol. The van der Waals surface area contributed by atoms with Crippen molar-refractivity contribution in [1.29, 1.82) is 0 Å². The number of aromatic nitrogens is 1. The second-order valence-electron chi connectivity index (χ2n) is 3.09. The van der Waals surface area contributed by atoms with Crippen molar-refractivity contribution in [3.8, 4) is 17.0 Å².